The zero-order chi connectivity index (χ0) is 14.7. The van der Waals surface area contributed by atoms with Gasteiger partial charge in [0.2, 0.25) is 5.89 Å². The van der Waals surface area contributed by atoms with Gasteiger partial charge in [-0.05, 0) is 18.1 Å². The van der Waals surface area contributed by atoms with Crippen molar-refractivity contribution in [1.82, 2.24) is 10.1 Å². The number of aromatic nitrogens is 2. The van der Waals surface area contributed by atoms with Gasteiger partial charge in [0.1, 0.15) is 6.61 Å². The molecule has 3 rings (SSSR count). The molecule has 0 amide bonds. The van der Waals surface area contributed by atoms with Crippen LogP contribution in [0.2, 0.25) is 0 Å². The van der Waals surface area contributed by atoms with Gasteiger partial charge in [0.05, 0.1) is 19.6 Å². The number of hydrogen-bond donors (Lipinski definition) is 0. The Hall–Kier alpha value is -2.08. The molecule has 1 aromatic heterocycles. The van der Waals surface area contributed by atoms with Crippen molar-refractivity contribution in [3.63, 3.8) is 0 Å². The second-order valence-corrected chi connectivity index (χ2v) is 4.95. The van der Waals surface area contributed by atoms with Crippen LogP contribution in [-0.4, -0.2) is 37.6 Å². The summed E-state index contributed by atoms with van der Waals surface area (Å²) in [5.41, 5.74) is 1.10. The summed E-state index contributed by atoms with van der Waals surface area (Å²) < 4.78 is 21.5. The highest BCUT2D eigenvalue weighted by Crippen LogP contribution is 2.38. The number of benzene rings is 1. The molecule has 6 heteroatoms. The number of methoxy groups -OCH3 is 2. The molecule has 0 fully saturated rings. The van der Waals surface area contributed by atoms with E-state index in [1.54, 1.807) is 14.2 Å². The van der Waals surface area contributed by atoms with Crippen LogP contribution in [0.15, 0.2) is 22.7 Å². The Morgan fingerprint density at radius 2 is 2.24 bits per heavy atom. The summed E-state index contributed by atoms with van der Waals surface area (Å²) in [4.78, 5) is 4.42. The quantitative estimate of drug-likeness (QED) is 0.839. The molecule has 1 aliphatic rings. The molecule has 21 heavy (non-hydrogen) atoms. The van der Waals surface area contributed by atoms with Crippen LogP contribution < -0.4 is 9.47 Å². The Balaban J connectivity index is 1.75. The minimum atomic E-state index is 0.0772. The van der Waals surface area contributed by atoms with Crippen LogP contribution in [0.1, 0.15) is 23.2 Å². The van der Waals surface area contributed by atoms with Gasteiger partial charge >= 0.3 is 0 Å². The van der Waals surface area contributed by atoms with Gasteiger partial charge in [0.15, 0.2) is 17.3 Å². The van der Waals surface area contributed by atoms with E-state index in [-0.39, 0.29) is 5.92 Å². The van der Waals surface area contributed by atoms with Crippen LogP contribution in [0.5, 0.6) is 11.5 Å². The first-order chi connectivity index (χ1) is 10.3. The predicted molar refractivity (Wildman–Crippen MR) is 74.8 cm³/mol. The van der Waals surface area contributed by atoms with Gasteiger partial charge in [-0.3, -0.25) is 0 Å². The third kappa shape index (κ3) is 2.85. The van der Waals surface area contributed by atoms with Gasteiger partial charge in [0.25, 0.3) is 0 Å². The Morgan fingerprint density at radius 3 is 3.05 bits per heavy atom. The Morgan fingerprint density at radius 1 is 1.33 bits per heavy atom. The zero-order valence-corrected chi connectivity index (χ0v) is 12.2. The van der Waals surface area contributed by atoms with Crippen molar-refractivity contribution < 1.29 is 18.7 Å². The van der Waals surface area contributed by atoms with E-state index in [0.29, 0.717) is 31.3 Å². The van der Waals surface area contributed by atoms with Crippen LogP contribution >= 0.6 is 0 Å². The van der Waals surface area contributed by atoms with E-state index < -0.39 is 0 Å². The summed E-state index contributed by atoms with van der Waals surface area (Å²) in [6.07, 6.45) is 1.45. The second-order valence-electron chi connectivity index (χ2n) is 4.95. The number of para-hydroxylation sites is 1. The molecule has 0 radical (unpaired) electrons. The normalized spacial score (nSPS) is 17.1. The van der Waals surface area contributed by atoms with Crippen molar-refractivity contribution in [3.05, 3.63) is 35.5 Å². The first-order valence-electron chi connectivity index (χ1n) is 6.92. The fraction of sp³-hybridized carbons (Fsp3) is 0.467. The Bertz CT molecular complexity index is 611. The van der Waals surface area contributed by atoms with Gasteiger partial charge in [-0.2, -0.15) is 4.98 Å². The summed E-state index contributed by atoms with van der Waals surface area (Å²) >= 11 is 0. The van der Waals surface area contributed by atoms with Crippen molar-refractivity contribution in [2.45, 2.75) is 18.8 Å². The summed E-state index contributed by atoms with van der Waals surface area (Å²) in [5.74, 6) is 2.94. The van der Waals surface area contributed by atoms with Crippen LogP contribution in [0.4, 0.5) is 0 Å². The molecule has 0 spiro atoms. The molecule has 0 bridgehead atoms. The van der Waals surface area contributed by atoms with Crippen molar-refractivity contribution in [2.75, 3.05) is 27.4 Å². The van der Waals surface area contributed by atoms with Crippen molar-refractivity contribution >= 4 is 0 Å². The van der Waals surface area contributed by atoms with E-state index in [0.717, 1.165) is 23.5 Å². The van der Waals surface area contributed by atoms with Gasteiger partial charge in [-0.25, -0.2) is 0 Å². The summed E-state index contributed by atoms with van der Waals surface area (Å²) in [6.45, 7) is 1.10. The van der Waals surface area contributed by atoms with Gasteiger partial charge in [-0.15, -0.1) is 0 Å². The molecule has 2 aromatic rings. The lowest BCUT2D eigenvalue weighted by molar-refractivity contribution is 0.199. The van der Waals surface area contributed by atoms with Crippen LogP contribution in [0.25, 0.3) is 0 Å². The lowest BCUT2D eigenvalue weighted by Crippen LogP contribution is -2.20. The van der Waals surface area contributed by atoms with Crippen LogP contribution in [0.3, 0.4) is 0 Å². The van der Waals surface area contributed by atoms with E-state index in [9.17, 15) is 0 Å². The molecule has 1 atom stereocenters. The van der Waals surface area contributed by atoms with E-state index >= 15 is 0 Å². The first-order valence-corrected chi connectivity index (χ1v) is 6.92. The first kappa shape index (κ1) is 13.9. The molecular weight excluding hydrogens is 272 g/mol. The average Bonchev–Trinajstić information content (AvgIpc) is 3.00. The fourth-order valence-corrected chi connectivity index (χ4v) is 2.44. The fourth-order valence-electron chi connectivity index (χ4n) is 2.44. The molecule has 112 valence electrons. The highest BCUT2D eigenvalue weighted by molar-refractivity contribution is 5.48. The van der Waals surface area contributed by atoms with Gasteiger partial charge in [0, 0.05) is 13.5 Å². The molecule has 1 aromatic carbocycles. The van der Waals surface area contributed by atoms with E-state index in [1.165, 1.54) is 0 Å². The summed E-state index contributed by atoms with van der Waals surface area (Å²) in [7, 11) is 3.30. The monoisotopic (exact) mass is 290 g/mol. The van der Waals surface area contributed by atoms with Crippen molar-refractivity contribution in [1.29, 1.82) is 0 Å². The number of nitrogens with zero attached hydrogens (tertiary/aromatic N) is 2. The van der Waals surface area contributed by atoms with E-state index in [4.69, 9.17) is 18.7 Å². The SMILES string of the molecule is COCCc1noc([C@@H]2COc3c(cccc3OC)C2)n1. The smallest absolute Gasteiger partial charge is 0.233 e. The minimum Gasteiger partial charge on any atom is -0.493 e. The van der Waals surface area contributed by atoms with Gasteiger partial charge in [-0.1, -0.05) is 17.3 Å². The number of rotatable bonds is 5. The maximum absolute atomic E-state index is 5.83. The second kappa shape index (κ2) is 6.13. The summed E-state index contributed by atoms with van der Waals surface area (Å²) in [6, 6.07) is 5.89. The Labute approximate surface area is 123 Å². The molecule has 1 aliphatic heterocycles. The highest BCUT2D eigenvalue weighted by atomic mass is 16.5. The molecule has 0 saturated heterocycles. The minimum absolute atomic E-state index is 0.0772. The molecular formula is C15H18N2O4. The molecule has 6 nitrogen and oxygen atoms in total. The Kier molecular flexibility index (Phi) is 4.06. The van der Waals surface area contributed by atoms with Crippen molar-refractivity contribution in [2.24, 2.45) is 0 Å². The summed E-state index contributed by atoms with van der Waals surface area (Å²) in [5, 5.41) is 3.97. The molecule has 2 heterocycles. The number of ether oxygens (including phenoxy) is 3. The number of fused-ring (bicyclic) bond motifs is 1. The molecule has 0 aliphatic carbocycles. The standard InChI is InChI=1S/C15H18N2O4/c1-18-7-6-13-16-15(21-17-13)11-8-10-4-3-5-12(19-2)14(10)20-9-11/h3-5,11H,6-9H2,1-2H3/t11-/m0/s1. The molecule has 0 saturated carbocycles. The molecule has 0 unspecified atom stereocenters. The lowest BCUT2D eigenvalue weighted by Gasteiger charge is -2.24. The maximum atomic E-state index is 5.83. The van der Waals surface area contributed by atoms with Crippen LogP contribution in [0, 0.1) is 0 Å². The third-order valence-corrected chi connectivity index (χ3v) is 3.54. The largest absolute Gasteiger partial charge is 0.493 e. The van der Waals surface area contributed by atoms with Gasteiger partial charge < -0.3 is 18.7 Å². The highest BCUT2D eigenvalue weighted by Gasteiger charge is 2.27. The zero-order valence-electron chi connectivity index (χ0n) is 12.2. The third-order valence-electron chi connectivity index (χ3n) is 3.54. The van der Waals surface area contributed by atoms with E-state index in [1.807, 2.05) is 18.2 Å². The van der Waals surface area contributed by atoms with Crippen LogP contribution in [-0.2, 0) is 17.6 Å². The topological polar surface area (TPSA) is 66.6 Å². The lowest BCUT2D eigenvalue weighted by atomic mass is 9.96. The van der Waals surface area contributed by atoms with Crippen molar-refractivity contribution in [3.8, 4) is 11.5 Å². The van der Waals surface area contributed by atoms with E-state index in [2.05, 4.69) is 10.1 Å². The predicted octanol–water partition coefficient (Wildman–Crippen LogP) is 1.99. The number of hydrogen-bond acceptors (Lipinski definition) is 6. The average molecular weight is 290 g/mol. The molecule has 0 N–H and O–H groups in total. The maximum Gasteiger partial charge on any atom is 0.233 e.